The van der Waals surface area contributed by atoms with Gasteiger partial charge in [0.25, 0.3) is 5.91 Å². The average Bonchev–Trinajstić information content (AvgIpc) is 2.90. The molecule has 1 aliphatic heterocycles. The Kier molecular flexibility index (Phi) is 5.75. The summed E-state index contributed by atoms with van der Waals surface area (Å²) in [6.07, 6.45) is 7.13. The Morgan fingerprint density at radius 1 is 1.27 bits per heavy atom. The molecule has 1 aromatic carbocycles. The molecule has 1 amide bonds. The first-order valence-corrected chi connectivity index (χ1v) is 9.10. The van der Waals surface area contributed by atoms with E-state index in [9.17, 15) is 9.59 Å². The average molecular weight is 385 g/mol. The van der Waals surface area contributed by atoms with Crippen LogP contribution in [0.15, 0.2) is 47.8 Å². The number of hydrogen-bond donors (Lipinski definition) is 1. The molecule has 0 spiro atoms. The highest BCUT2D eigenvalue weighted by atomic mass is 32.2. The van der Waals surface area contributed by atoms with Gasteiger partial charge in [-0.3, -0.25) is 24.5 Å². The molecule has 0 radical (unpaired) electrons. The van der Waals surface area contributed by atoms with Gasteiger partial charge in [0.15, 0.2) is 0 Å². The number of amides is 1. The monoisotopic (exact) mass is 385 g/mol. The number of thiocarbonyl (C=S) groups is 1. The summed E-state index contributed by atoms with van der Waals surface area (Å²) in [5.41, 5.74) is 2.60. The van der Waals surface area contributed by atoms with Crippen LogP contribution in [0.3, 0.4) is 0 Å². The van der Waals surface area contributed by atoms with Gasteiger partial charge in [0.05, 0.1) is 16.8 Å². The van der Waals surface area contributed by atoms with E-state index in [1.54, 1.807) is 24.7 Å². The lowest BCUT2D eigenvalue weighted by molar-refractivity contribution is -0.137. The van der Waals surface area contributed by atoms with Gasteiger partial charge in [-0.15, -0.1) is 0 Å². The number of aromatic nitrogens is 2. The smallest absolute Gasteiger partial charge is 0.303 e. The van der Waals surface area contributed by atoms with Crippen molar-refractivity contribution in [1.29, 1.82) is 0 Å². The zero-order valence-electron chi connectivity index (χ0n) is 13.7. The largest absolute Gasteiger partial charge is 0.481 e. The SMILES string of the molecule is O=C(O)CCCN1C(=O)/C(=C/c2ccc(-c3cnccn3)cc2)SC1=S. The highest BCUT2D eigenvalue weighted by Gasteiger charge is 2.31. The fourth-order valence-corrected chi connectivity index (χ4v) is 3.74. The molecule has 8 heteroatoms. The van der Waals surface area contributed by atoms with Crippen molar-refractivity contribution in [3.8, 4) is 11.3 Å². The van der Waals surface area contributed by atoms with Crippen molar-refractivity contribution in [2.24, 2.45) is 0 Å². The van der Waals surface area contributed by atoms with Crippen molar-refractivity contribution in [2.75, 3.05) is 6.54 Å². The topological polar surface area (TPSA) is 83.4 Å². The van der Waals surface area contributed by atoms with Crippen LogP contribution in [0.2, 0.25) is 0 Å². The second-order valence-electron chi connectivity index (χ2n) is 5.54. The Hall–Kier alpha value is -2.58. The summed E-state index contributed by atoms with van der Waals surface area (Å²) < 4.78 is 0.461. The lowest BCUT2D eigenvalue weighted by Gasteiger charge is -2.13. The second kappa shape index (κ2) is 8.20. The molecule has 1 fully saturated rings. The first-order valence-electron chi connectivity index (χ1n) is 7.88. The summed E-state index contributed by atoms with van der Waals surface area (Å²) in [6, 6.07) is 7.65. The van der Waals surface area contributed by atoms with Gasteiger partial charge in [0.2, 0.25) is 0 Å². The Balaban J connectivity index is 1.71. The maximum atomic E-state index is 12.5. The molecular formula is C18H15N3O3S2. The minimum Gasteiger partial charge on any atom is -0.481 e. The lowest BCUT2D eigenvalue weighted by Crippen LogP contribution is -2.29. The van der Waals surface area contributed by atoms with Gasteiger partial charge < -0.3 is 5.11 Å². The molecule has 2 heterocycles. The molecular weight excluding hydrogens is 370 g/mol. The number of carboxylic acid groups (broad SMARTS) is 1. The van der Waals surface area contributed by atoms with Gasteiger partial charge in [-0.1, -0.05) is 48.2 Å². The van der Waals surface area contributed by atoms with Crippen LogP contribution < -0.4 is 0 Å². The number of rotatable bonds is 6. The van der Waals surface area contributed by atoms with Crippen molar-refractivity contribution in [1.82, 2.24) is 14.9 Å². The summed E-state index contributed by atoms with van der Waals surface area (Å²) in [7, 11) is 0. The van der Waals surface area contributed by atoms with Crippen LogP contribution >= 0.6 is 24.0 Å². The fraction of sp³-hybridized carbons (Fsp3) is 0.167. The summed E-state index contributed by atoms with van der Waals surface area (Å²) in [5, 5.41) is 8.71. The summed E-state index contributed by atoms with van der Waals surface area (Å²) in [5.74, 6) is -1.06. The van der Waals surface area contributed by atoms with Crippen LogP contribution in [-0.4, -0.2) is 42.7 Å². The van der Waals surface area contributed by atoms with Gasteiger partial charge in [-0.2, -0.15) is 0 Å². The molecule has 0 bridgehead atoms. The second-order valence-corrected chi connectivity index (χ2v) is 7.22. The van der Waals surface area contributed by atoms with Crippen molar-refractivity contribution in [2.45, 2.75) is 12.8 Å². The first-order chi connectivity index (χ1) is 12.5. The molecule has 1 aromatic heterocycles. The van der Waals surface area contributed by atoms with Crippen LogP contribution in [0, 0.1) is 0 Å². The Morgan fingerprint density at radius 3 is 2.69 bits per heavy atom. The Bertz CT molecular complexity index is 867. The van der Waals surface area contributed by atoms with Gasteiger partial charge in [-0.05, 0) is 18.1 Å². The number of nitrogens with zero attached hydrogens (tertiary/aromatic N) is 3. The van der Waals surface area contributed by atoms with Crippen LogP contribution in [-0.2, 0) is 9.59 Å². The minimum absolute atomic E-state index is 0.0138. The van der Waals surface area contributed by atoms with Crippen molar-refractivity contribution in [3.63, 3.8) is 0 Å². The third-order valence-electron chi connectivity index (χ3n) is 3.71. The third-order valence-corrected chi connectivity index (χ3v) is 5.09. The van der Waals surface area contributed by atoms with E-state index in [1.807, 2.05) is 24.3 Å². The maximum Gasteiger partial charge on any atom is 0.303 e. The molecule has 3 rings (SSSR count). The predicted molar refractivity (Wildman–Crippen MR) is 104 cm³/mol. The summed E-state index contributed by atoms with van der Waals surface area (Å²) >= 11 is 6.47. The van der Waals surface area contributed by atoms with E-state index >= 15 is 0 Å². The molecule has 0 atom stereocenters. The number of benzene rings is 1. The molecule has 0 aliphatic carbocycles. The fourth-order valence-electron chi connectivity index (χ4n) is 2.43. The highest BCUT2D eigenvalue weighted by molar-refractivity contribution is 8.26. The van der Waals surface area contributed by atoms with Crippen molar-refractivity contribution in [3.05, 3.63) is 53.3 Å². The van der Waals surface area contributed by atoms with Crippen LogP contribution in [0.25, 0.3) is 17.3 Å². The van der Waals surface area contributed by atoms with E-state index in [1.165, 1.54) is 16.7 Å². The molecule has 6 nitrogen and oxygen atoms in total. The first kappa shape index (κ1) is 18.2. The van der Waals surface area contributed by atoms with E-state index in [4.69, 9.17) is 17.3 Å². The highest BCUT2D eigenvalue weighted by Crippen LogP contribution is 2.33. The molecule has 26 heavy (non-hydrogen) atoms. The van der Waals surface area contributed by atoms with Crippen molar-refractivity contribution < 1.29 is 14.7 Å². The molecule has 132 valence electrons. The molecule has 2 aromatic rings. The van der Waals surface area contributed by atoms with E-state index < -0.39 is 5.97 Å². The van der Waals surface area contributed by atoms with Gasteiger partial charge in [-0.25, -0.2) is 0 Å². The van der Waals surface area contributed by atoms with E-state index in [-0.39, 0.29) is 12.3 Å². The predicted octanol–water partition coefficient (Wildman–Crippen LogP) is 3.21. The number of thioether (sulfide) groups is 1. The normalized spacial score (nSPS) is 15.7. The Labute approximate surface area is 160 Å². The number of carboxylic acids is 1. The van der Waals surface area contributed by atoms with Gasteiger partial charge >= 0.3 is 5.97 Å². The minimum atomic E-state index is -0.880. The molecule has 0 unspecified atom stereocenters. The number of carbonyl (C=O) groups excluding carboxylic acids is 1. The van der Waals surface area contributed by atoms with Crippen LogP contribution in [0.5, 0.6) is 0 Å². The lowest BCUT2D eigenvalue weighted by atomic mass is 10.1. The molecule has 0 saturated carbocycles. The Morgan fingerprint density at radius 2 is 2.04 bits per heavy atom. The van der Waals surface area contributed by atoms with Crippen molar-refractivity contribution >= 4 is 46.3 Å². The third kappa shape index (κ3) is 4.33. The number of carbonyl (C=O) groups is 2. The quantitative estimate of drug-likeness (QED) is 0.604. The maximum absolute atomic E-state index is 12.5. The van der Waals surface area contributed by atoms with Gasteiger partial charge in [0.1, 0.15) is 4.32 Å². The van der Waals surface area contributed by atoms with E-state index in [0.717, 1.165) is 16.8 Å². The van der Waals surface area contributed by atoms with Crippen LogP contribution in [0.4, 0.5) is 0 Å². The summed E-state index contributed by atoms with van der Waals surface area (Å²) in [6.45, 7) is 0.319. The van der Waals surface area contributed by atoms with Crippen LogP contribution in [0.1, 0.15) is 18.4 Å². The number of hydrogen-bond acceptors (Lipinski definition) is 6. The standard InChI is InChI=1S/C18H15N3O3S2/c22-16(23)2-1-9-21-17(24)15(26-18(21)25)10-12-3-5-13(6-4-12)14-11-19-7-8-20-14/h3-8,10-11H,1-2,9H2,(H,22,23)/b15-10-. The van der Waals surface area contributed by atoms with E-state index in [0.29, 0.717) is 22.2 Å². The number of aliphatic carboxylic acids is 1. The zero-order valence-corrected chi connectivity index (χ0v) is 15.3. The van der Waals surface area contributed by atoms with Gasteiger partial charge in [0, 0.05) is 30.9 Å². The zero-order chi connectivity index (χ0) is 18.5. The summed E-state index contributed by atoms with van der Waals surface area (Å²) in [4.78, 5) is 33.4. The molecule has 1 saturated heterocycles. The molecule has 1 aliphatic rings. The van der Waals surface area contributed by atoms with E-state index in [2.05, 4.69) is 9.97 Å². The molecule has 1 N–H and O–H groups in total.